The van der Waals surface area contributed by atoms with E-state index in [2.05, 4.69) is 5.10 Å². The van der Waals surface area contributed by atoms with Gasteiger partial charge in [-0.2, -0.15) is 0 Å². The van der Waals surface area contributed by atoms with Crippen molar-refractivity contribution in [3.8, 4) is 11.4 Å². The van der Waals surface area contributed by atoms with Gasteiger partial charge in [0.15, 0.2) is 11.6 Å². The maximum absolute atomic E-state index is 12.6. The average Bonchev–Trinajstić information content (AvgIpc) is 2.96. The Morgan fingerprint density at radius 1 is 1.10 bits per heavy atom. The van der Waals surface area contributed by atoms with Crippen molar-refractivity contribution in [2.24, 2.45) is 0 Å². The van der Waals surface area contributed by atoms with Crippen LogP contribution in [0.25, 0.3) is 11.4 Å². The summed E-state index contributed by atoms with van der Waals surface area (Å²) in [6.45, 7) is 1.23. The summed E-state index contributed by atoms with van der Waals surface area (Å²) in [4.78, 5) is 36.2. The number of aryl methyl sites for hydroxylation is 2. The van der Waals surface area contributed by atoms with Crippen LogP contribution in [0.15, 0.2) is 53.3 Å². The van der Waals surface area contributed by atoms with Crippen molar-refractivity contribution in [3.05, 3.63) is 75.2 Å². The summed E-state index contributed by atoms with van der Waals surface area (Å²) in [6.07, 6.45) is 0.826. The molecule has 0 saturated heterocycles. The smallest absolute Gasteiger partial charge is 0.347 e. The number of aromatic nitrogens is 3. The first kappa shape index (κ1) is 20.5. The van der Waals surface area contributed by atoms with Crippen LogP contribution in [0.2, 0.25) is 5.02 Å². The number of rotatable bonds is 8. The number of carbonyl (C=O) groups excluding carboxylic acids is 1. The average molecular weight is 414 g/mol. The van der Waals surface area contributed by atoms with E-state index in [1.54, 1.807) is 24.3 Å². The Bertz CT molecular complexity index is 1100. The van der Waals surface area contributed by atoms with Crippen LogP contribution in [-0.2, 0) is 29.1 Å². The van der Waals surface area contributed by atoms with Crippen LogP contribution in [0.5, 0.6) is 0 Å². The summed E-state index contributed by atoms with van der Waals surface area (Å²) in [6, 6.07) is 14.4. The third-order valence-corrected chi connectivity index (χ3v) is 4.67. The molecule has 29 heavy (non-hydrogen) atoms. The fourth-order valence-corrected chi connectivity index (χ4v) is 3.16. The van der Waals surface area contributed by atoms with E-state index in [9.17, 15) is 14.4 Å². The second kappa shape index (κ2) is 8.87. The van der Waals surface area contributed by atoms with Crippen molar-refractivity contribution in [2.45, 2.75) is 32.9 Å². The highest BCUT2D eigenvalue weighted by atomic mass is 35.5. The molecule has 8 heteroatoms. The zero-order valence-electron chi connectivity index (χ0n) is 15.8. The van der Waals surface area contributed by atoms with Crippen molar-refractivity contribution in [1.82, 2.24) is 14.3 Å². The quantitative estimate of drug-likeness (QED) is 0.612. The monoisotopic (exact) mass is 413 g/mol. The lowest BCUT2D eigenvalue weighted by Gasteiger charge is -2.02. The Morgan fingerprint density at radius 2 is 1.83 bits per heavy atom. The largest absolute Gasteiger partial charge is 0.480 e. The highest BCUT2D eigenvalue weighted by molar-refractivity contribution is 6.30. The molecule has 0 aliphatic rings. The molecule has 3 aromatic rings. The zero-order valence-corrected chi connectivity index (χ0v) is 16.6. The summed E-state index contributed by atoms with van der Waals surface area (Å²) < 4.78 is 2.06. The molecule has 0 aliphatic heterocycles. The molecule has 2 aromatic carbocycles. The van der Waals surface area contributed by atoms with Gasteiger partial charge in [-0.05, 0) is 43.2 Å². The van der Waals surface area contributed by atoms with Gasteiger partial charge in [0.1, 0.15) is 13.1 Å². The Balaban J connectivity index is 1.81. The van der Waals surface area contributed by atoms with Gasteiger partial charge in [-0.1, -0.05) is 41.4 Å². The molecule has 0 atom stereocenters. The van der Waals surface area contributed by atoms with Crippen LogP contribution < -0.4 is 5.69 Å². The van der Waals surface area contributed by atoms with Gasteiger partial charge in [-0.15, -0.1) is 5.10 Å². The Hall–Kier alpha value is -3.19. The highest BCUT2D eigenvalue weighted by Crippen LogP contribution is 2.19. The normalized spacial score (nSPS) is 10.8. The van der Waals surface area contributed by atoms with Gasteiger partial charge in [-0.3, -0.25) is 14.2 Å². The number of nitrogens with zero attached hydrogens (tertiary/aromatic N) is 3. The number of carboxylic acid groups (broad SMARTS) is 1. The van der Waals surface area contributed by atoms with E-state index in [1.165, 1.54) is 0 Å². The van der Waals surface area contributed by atoms with Crippen LogP contribution in [0.1, 0.15) is 17.5 Å². The molecule has 0 radical (unpaired) electrons. The Kier molecular flexibility index (Phi) is 6.29. The van der Waals surface area contributed by atoms with Crippen LogP contribution in [0, 0.1) is 6.92 Å². The first-order valence-electron chi connectivity index (χ1n) is 9.06. The fraction of sp³-hybridized carbons (Fsp3) is 0.238. The number of carbonyl (C=O) groups is 2. The van der Waals surface area contributed by atoms with E-state index < -0.39 is 18.2 Å². The minimum Gasteiger partial charge on any atom is -0.480 e. The molecule has 1 N–H and O–H groups in total. The van der Waals surface area contributed by atoms with E-state index in [-0.39, 0.29) is 24.6 Å². The molecule has 7 nitrogen and oxygen atoms in total. The SMILES string of the molecule is Cc1cccc(CCC(=O)Cn2nc(-c3ccc(Cl)cc3)n(CC(=O)O)c2=O)c1. The third-order valence-electron chi connectivity index (χ3n) is 4.42. The Labute approximate surface area is 172 Å². The van der Waals surface area contributed by atoms with Crippen LogP contribution in [0.4, 0.5) is 0 Å². The number of aliphatic carboxylic acids is 1. The van der Waals surface area contributed by atoms with E-state index in [0.717, 1.165) is 20.4 Å². The number of benzene rings is 2. The molecular weight excluding hydrogens is 394 g/mol. The van der Waals surface area contributed by atoms with Gasteiger partial charge in [0.05, 0.1) is 0 Å². The minimum absolute atomic E-state index is 0.156. The third kappa shape index (κ3) is 5.20. The highest BCUT2D eigenvalue weighted by Gasteiger charge is 2.19. The number of hydrogen-bond donors (Lipinski definition) is 1. The standard InChI is InChI=1S/C21H20ClN3O4/c1-14-3-2-4-15(11-14)5-10-18(26)12-25-21(29)24(13-19(27)28)20(23-25)16-6-8-17(22)9-7-16/h2-4,6-9,11H,5,10,12-13H2,1H3,(H,27,28). The summed E-state index contributed by atoms with van der Waals surface area (Å²) in [5.74, 6) is -1.15. The van der Waals surface area contributed by atoms with Gasteiger partial charge in [0, 0.05) is 17.0 Å². The second-order valence-electron chi connectivity index (χ2n) is 6.78. The summed E-state index contributed by atoms with van der Waals surface area (Å²) in [5, 5.41) is 13.9. The van der Waals surface area contributed by atoms with Gasteiger partial charge in [-0.25, -0.2) is 9.48 Å². The van der Waals surface area contributed by atoms with Gasteiger partial charge < -0.3 is 5.11 Å². The lowest BCUT2D eigenvalue weighted by molar-refractivity contribution is -0.137. The van der Waals surface area contributed by atoms with Crippen LogP contribution in [-0.4, -0.2) is 31.2 Å². The predicted octanol–water partition coefficient (Wildman–Crippen LogP) is 2.96. The molecule has 0 amide bonds. The van der Waals surface area contributed by atoms with E-state index in [4.69, 9.17) is 16.7 Å². The molecule has 0 fully saturated rings. The van der Waals surface area contributed by atoms with Gasteiger partial charge >= 0.3 is 11.7 Å². The molecule has 3 rings (SSSR count). The maximum Gasteiger partial charge on any atom is 0.347 e. The van der Waals surface area contributed by atoms with Crippen molar-refractivity contribution >= 4 is 23.4 Å². The first-order valence-corrected chi connectivity index (χ1v) is 9.44. The van der Waals surface area contributed by atoms with E-state index in [0.29, 0.717) is 17.0 Å². The predicted molar refractivity (Wildman–Crippen MR) is 109 cm³/mol. The van der Waals surface area contributed by atoms with Crippen molar-refractivity contribution < 1.29 is 14.7 Å². The first-order chi connectivity index (χ1) is 13.8. The summed E-state index contributed by atoms with van der Waals surface area (Å²) >= 11 is 5.89. The number of ketones is 1. The van der Waals surface area contributed by atoms with Gasteiger partial charge in [0.2, 0.25) is 0 Å². The molecule has 0 unspecified atom stereocenters. The minimum atomic E-state index is -1.17. The maximum atomic E-state index is 12.6. The summed E-state index contributed by atoms with van der Waals surface area (Å²) in [7, 11) is 0. The van der Waals surface area contributed by atoms with Crippen LogP contribution >= 0.6 is 11.6 Å². The second-order valence-corrected chi connectivity index (χ2v) is 7.21. The molecular formula is C21H20ClN3O4. The summed E-state index contributed by atoms with van der Waals surface area (Å²) in [5.41, 5.74) is 2.06. The lowest BCUT2D eigenvalue weighted by Crippen LogP contribution is -2.29. The number of hydrogen-bond acceptors (Lipinski definition) is 4. The van der Waals surface area contributed by atoms with Crippen molar-refractivity contribution in [3.63, 3.8) is 0 Å². The zero-order chi connectivity index (χ0) is 21.0. The molecule has 1 heterocycles. The topological polar surface area (TPSA) is 94.2 Å². The molecule has 0 spiro atoms. The van der Waals surface area contributed by atoms with E-state index >= 15 is 0 Å². The van der Waals surface area contributed by atoms with Crippen molar-refractivity contribution in [2.75, 3.05) is 0 Å². The number of halogens is 1. The molecule has 0 bridgehead atoms. The lowest BCUT2D eigenvalue weighted by atomic mass is 10.1. The molecule has 1 aromatic heterocycles. The molecule has 150 valence electrons. The van der Waals surface area contributed by atoms with Crippen LogP contribution in [0.3, 0.4) is 0 Å². The van der Waals surface area contributed by atoms with Crippen molar-refractivity contribution in [1.29, 1.82) is 0 Å². The molecule has 0 saturated carbocycles. The molecule has 0 aliphatic carbocycles. The Morgan fingerprint density at radius 3 is 2.48 bits per heavy atom. The number of carboxylic acids is 1. The fourth-order valence-electron chi connectivity index (χ4n) is 3.03. The van der Waals surface area contributed by atoms with E-state index in [1.807, 2.05) is 31.2 Å². The van der Waals surface area contributed by atoms with Gasteiger partial charge in [0.25, 0.3) is 0 Å². The number of Topliss-reactive ketones (excluding diaryl/α,β-unsaturated/α-hetero) is 1.